The first-order chi connectivity index (χ1) is 9.02. The molecule has 0 aliphatic heterocycles. The lowest BCUT2D eigenvalue weighted by atomic mass is 10.1. The summed E-state index contributed by atoms with van der Waals surface area (Å²) in [6.07, 6.45) is 0. The molecule has 0 heterocycles. The molecule has 0 atom stereocenters. The van der Waals surface area contributed by atoms with E-state index in [-0.39, 0.29) is 0 Å². The van der Waals surface area contributed by atoms with E-state index in [1.807, 2.05) is 24.3 Å². The van der Waals surface area contributed by atoms with Gasteiger partial charge in [0, 0.05) is 0 Å². The van der Waals surface area contributed by atoms with Crippen LogP contribution in [0.1, 0.15) is 22.3 Å². The molecule has 2 aromatic rings. The van der Waals surface area contributed by atoms with E-state index >= 15 is 0 Å². The summed E-state index contributed by atoms with van der Waals surface area (Å²) >= 11 is 0. The zero-order valence-corrected chi connectivity index (χ0v) is 11.9. The molecule has 0 saturated heterocycles. The van der Waals surface area contributed by atoms with E-state index in [9.17, 15) is 0 Å². The third-order valence-electron chi connectivity index (χ3n) is 2.77. The maximum Gasteiger partial charge on any atom is 0.0879 e. The fourth-order valence-electron chi connectivity index (χ4n) is 2.19. The lowest BCUT2D eigenvalue weighted by Crippen LogP contribution is -1.88. The van der Waals surface area contributed by atoms with Crippen LogP contribution in [0.4, 0.5) is 11.4 Å². The zero-order valence-electron chi connectivity index (χ0n) is 11.9. The van der Waals surface area contributed by atoms with Crippen molar-refractivity contribution in [3.8, 4) is 0 Å². The average molecular weight is 253 g/mol. The minimum Gasteiger partial charge on any atom is -0.260 e. The predicted octanol–water partition coefficient (Wildman–Crippen LogP) is 5.03. The molecule has 0 spiro atoms. The van der Waals surface area contributed by atoms with Crippen LogP contribution in [0.15, 0.2) is 46.7 Å². The Hall–Kier alpha value is -2.16. The molecule has 0 saturated carbocycles. The number of nitrogens with zero attached hydrogens (tertiary/aromatic N) is 2. The second-order valence-electron chi connectivity index (χ2n) is 5.03. The van der Waals surface area contributed by atoms with E-state index in [0.29, 0.717) is 0 Å². The minimum atomic E-state index is 0.870. The van der Waals surface area contributed by atoms with Gasteiger partial charge in [0.25, 0.3) is 0 Å². The molecule has 19 heavy (non-hydrogen) atoms. The van der Waals surface area contributed by atoms with Gasteiger partial charge < -0.3 is 0 Å². The molecule has 3 nitrogen and oxygen atoms in total. The summed E-state index contributed by atoms with van der Waals surface area (Å²) < 4.78 is 0. The smallest absolute Gasteiger partial charge is 0.0879 e. The van der Waals surface area contributed by atoms with E-state index < -0.39 is 0 Å². The van der Waals surface area contributed by atoms with Crippen LogP contribution in [0.3, 0.4) is 0 Å². The Kier molecular flexibility index (Phi) is 3.95. The minimum absolute atomic E-state index is 0.870. The summed E-state index contributed by atoms with van der Waals surface area (Å²) in [5.74, 6) is 0. The van der Waals surface area contributed by atoms with Crippen molar-refractivity contribution in [2.45, 2.75) is 27.7 Å². The van der Waals surface area contributed by atoms with Crippen LogP contribution in [0, 0.1) is 27.7 Å². The number of rotatable bonds is 3. The lowest BCUT2D eigenvalue weighted by molar-refractivity contribution is 1.12. The number of nitrogens with one attached hydrogen (secondary N) is 1. The van der Waals surface area contributed by atoms with Gasteiger partial charge in [0.1, 0.15) is 0 Å². The van der Waals surface area contributed by atoms with Gasteiger partial charge in [0.2, 0.25) is 0 Å². The third kappa shape index (κ3) is 3.91. The van der Waals surface area contributed by atoms with Crippen molar-refractivity contribution in [2.24, 2.45) is 10.3 Å². The summed E-state index contributed by atoms with van der Waals surface area (Å²) in [5.41, 5.74) is 9.62. The zero-order chi connectivity index (χ0) is 13.8. The van der Waals surface area contributed by atoms with Crippen LogP contribution in [0.25, 0.3) is 0 Å². The van der Waals surface area contributed by atoms with Gasteiger partial charge in [-0.05, 0) is 74.2 Å². The van der Waals surface area contributed by atoms with Gasteiger partial charge in [-0.15, -0.1) is 5.11 Å². The topological polar surface area (TPSA) is 36.8 Å². The number of benzene rings is 2. The summed E-state index contributed by atoms with van der Waals surface area (Å²) in [4.78, 5) is 0. The summed E-state index contributed by atoms with van der Waals surface area (Å²) in [6.45, 7) is 8.26. The van der Waals surface area contributed by atoms with E-state index in [4.69, 9.17) is 0 Å². The van der Waals surface area contributed by atoms with Gasteiger partial charge in [-0.1, -0.05) is 17.4 Å². The van der Waals surface area contributed by atoms with E-state index in [1.165, 1.54) is 22.3 Å². The highest BCUT2D eigenvalue weighted by Crippen LogP contribution is 2.18. The normalized spacial score (nSPS) is 10.9. The second-order valence-corrected chi connectivity index (χ2v) is 5.03. The summed E-state index contributed by atoms with van der Waals surface area (Å²) in [7, 11) is 0. The van der Waals surface area contributed by atoms with Crippen molar-refractivity contribution in [2.75, 3.05) is 5.43 Å². The molecule has 0 fully saturated rings. The van der Waals surface area contributed by atoms with Crippen LogP contribution in [0.5, 0.6) is 0 Å². The fraction of sp³-hybridized carbons (Fsp3) is 0.250. The number of aryl methyl sites for hydroxylation is 4. The van der Waals surface area contributed by atoms with Crippen molar-refractivity contribution in [1.29, 1.82) is 0 Å². The van der Waals surface area contributed by atoms with Crippen LogP contribution >= 0.6 is 0 Å². The van der Waals surface area contributed by atoms with Crippen molar-refractivity contribution in [1.82, 2.24) is 0 Å². The van der Waals surface area contributed by atoms with Gasteiger partial charge in [-0.2, -0.15) is 0 Å². The van der Waals surface area contributed by atoms with Gasteiger partial charge in [0.05, 0.1) is 11.4 Å². The quantitative estimate of drug-likeness (QED) is 0.604. The Labute approximate surface area is 114 Å². The lowest BCUT2D eigenvalue weighted by Gasteiger charge is -2.03. The van der Waals surface area contributed by atoms with E-state index in [1.54, 1.807) is 0 Å². The number of hydrogen-bond acceptors (Lipinski definition) is 2. The molecule has 0 amide bonds. The van der Waals surface area contributed by atoms with Crippen molar-refractivity contribution in [3.63, 3.8) is 0 Å². The van der Waals surface area contributed by atoms with Crippen molar-refractivity contribution in [3.05, 3.63) is 58.7 Å². The van der Waals surface area contributed by atoms with Crippen LogP contribution in [-0.4, -0.2) is 0 Å². The Balaban J connectivity index is 2.11. The molecule has 0 unspecified atom stereocenters. The molecule has 1 N–H and O–H groups in total. The van der Waals surface area contributed by atoms with Gasteiger partial charge >= 0.3 is 0 Å². The average Bonchev–Trinajstić information content (AvgIpc) is 2.26. The third-order valence-corrected chi connectivity index (χ3v) is 2.77. The Morgan fingerprint density at radius 2 is 1.16 bits per heavy atom. The molecular formula is C16H19N3. The summed E-state index contributed by atoms with van der Waals surface area (Å²) in [6, 6.07) is 12.4. The number of anilines is 1. The molecule has 0 radical (unpaired) electrons. The predicted molar refractivity (Wildman–Crippen MR) is 80.0 cm³/mol. The van der Waals surface area contributed by atoms with Crippen molar-refractivity contribution >= 4 is 11.4 Å². The number of hydrogen-bond donors (Lipinski definition) is 1. The van der Waals surface area contributed by atoms with E-state index in [0.717, 1.165) is 11.4 Å². The molecule has 98 valence electrons. The molecular weight excluding hydrogens is 234 g/mol. The van der Waals surface area contributed by atoms with Crippen LogP contribution < -0.4 is 5.43 Å². The maximum atomic E-state index is 4.20. The summed E-state index contributed by atoms with van der Waals surface area (Å²) in [5, 5.41) is 8.25. The van der Waals surface area contributed by atoms with Gasteiger partial charge in [0.15, 0.2) is 0 Å². The highest BCUT2D eigenvalue weighted by molar-refractivity contribution is 5.48. The van der Waals surface area contributed by atoms with Crippen LogP contribution in [0.2, 0.25) is 0 Å². The highest BCUT2D eigenvalue weighted by atomic mass is 15.4. The monoisotopic (exact) mass is 253 g/mol. The maximum absolute atomic E-state index is 4.20. The molecule has 0 aliphatic carbocycles. The first kappa shape index (κ1) is 13.3. The molecule has 0 aromatic heterocycles. The molecule has 2 aromatic carbocycles. The molecule has 0 bridgehead atoms. The van der Waals surface area contributed by atoms with Crippen molar-refractivity contribution < 1.29 is 0 Å². The molecule has 3 heteroatoms. The Morgan fingerprint density at radius 1 is 0.684 bits per heavy atom. The SMILES string of the molecule is Cc1cc(C)cc(N=NNc2cc(C)cc(C)c2)c1. The van der Waals surface area contributed by atoms with E-state index in [2.05, 4.69) is 55.6 Å². The molecule has 0 aliphatic rings. The van der Waals surface area contributed by atoms with Gasteiger partial charge in [-0.3, -0.25) is 5.43 Å². The first-order valence-corrected chi connectivity index (χ1v) is 6.36. The standard InChI is InChI=1S/C16H19N3/c1-11-5-12(2)8-15(7-11)17-19-18-16-9-13(3)6-14(4)10-16/h5-10H,1-4H3,(H,17,18). The highest BCUT2D eigenvalue weighted by Gasteiger charge is 1.95. The largest absolute Gasteiger partial charge is 0.260 e. The first-order valence-electron chi connectivity index (χ1n) is 6.36. The second kappa shape index (κ2) is 5.65. The Morgan fingerprint density at radius 3 is 1.68 bits per heavy atom. The molecule has 2 rings (SSSR count). The fourth-order valence-corrected chi connectivity index (χ4v) is 2.19. The van der Waals surface area contributed by atoms with Crippen LogP contribution in [-0.2, 0) is 0 Å². The van der Waals surface area contributed by atoms with Gasteiger partial charge in [-0.25, -0.2) is 0 Å². The Bertz CT molecular complexity index is 575.